The average molecular weight is 237 g/mol. The van der Waals surface area contributed by atoms with Crippen LogP contribution in [0.25, 0.3) is 0 Å². The van der Waals surface area contributed by atoms with Crippen molar-refractivity contribution in [2.24, 2.45) is 5.73 Å². The molecule has 0 bridgehead atoms. The summed E-state index contributed by atoms with van der Waals surface area (Å²) < 4.78 is 26.2. The van der Waals surface area contributed by atoms with Crippen molar-refractivity contribution in [3.05, 3.63) is 35.4 Å². The van der Waals surface area contributed by atoms with Gasteiger partial charge in [0, 0.05) is 24.3 Å². The number of alkyl halides is 2. The van der Waals surface area contributed by atoms with Gasteiger partial charge in [0.1, 0.15) is 0 Å². The second-order valence-electron chi connectivity index (χ2n) is 5.59. The molecule has 3 rings (SSSR count). The van der Waals surface area contributed by atoms with Gasteiger partial charge in [0.15, 0.2) is 0 Å². The Morgan fingerprint density at radius 2 is 1.88 bits per heavy atom. The molecule has 3 heteroatoms. The Bertz CT molecular complexity index is 434. The predicted molar refractivity (Wildman–Crippen MR) is 63.2 cm³/mol. The Hall–Kier alpha value is -0.960. The van der Waals surface area contributed by atoms with E-state index in [4.69, 9.17) is 5.73 Å². The number of hydrogen-bond acceptors (Lipinski definition) is 1. The monoisotopic (exact) mass is 237 g/mol. The minimum absolute atomic E-state index is 0.118. The van der Waals surface area contributed by atoms with Crippen molar-refractivity contribution in [2.45, 2.75) is 49.5 Å². The Labute approximate surface area is 100 Å². The van der Waals surface area contributed by atoms with E-state index in [1.165, 1.54) is 11.1 Å². The van der Waals surface area contributed by atoms with E-state index >= 15 is 0 Å². The highest BCUT2D eigenvalue weighted by molar-refractivity contribution is 5.36. The first kappa shape index (κ1) is 11.1. The molecule has 1 fully saturated rings. The lowest BCUT2D eigenvalue weighted by atomic mass is 9.61. The fourth-order valence-corrected chi connectivity index (χ4v) is 3.51. The van der Waals surface area contributed by atoms with Crippen molar-refractivity contribution in [1.29, 1.82) is 0 Å². The first-order chi connectivity index (χ1) is 8.00. The van der Waals surface area contributed by atoms with Gasteiger partial charge >= 0.3 is 0 Å². The molecule has 17 heavy (non-hydrogen) atoms. The number of benzene rings is 1. The molecule has 0 spiro atoms. The molecule has 2 aliphatic rings. The molecule has 92 valence electrons. The highest BCUT2D eigenvalue weighted by Gasteiger charge is 2.58. The van der Waals surface area contributed by atoms with Crippen LogP contribution in [0.1, 0.15) is 42.7 Å². The molecule has 0 amide bonds. The molecule has 1 atom stereocenters. The highest BCUT2D eigenvalue weighted by atomic mass is 19.3. The van der Waals surface area contributed by atoms with Crippen molar-refractivity contribution in [3.63, 3.8) is 0 Å². The first-order valence-electron chi connectivity index (χ1n) is 6.25. The highest BCUT2D eigenvalue weighted by Crippen LogP contribution is 2.53. The molecule has 1 nitrogen and oxygen atoms in total. The SMILES string of the molecule is NC1(C2CCCc3ccccc32)CC(F)(F)C1. The van der Waals surface area contributed by atoms with Gasteiger partial charge in [0.2, 0.25) is 0 Å². The van der Waals surface area contributed by atoms with Crippen LogP contribution < -0.4 is 5.73 Å². The Morgan fingerprint density at radius 1 is 1.18 bits per heavy atom. The standard InChI is InChI=1S/C14H17F2N/c15-14(16)8-13(17,9-14)12-7-3-5-10-4-1-2-6-11(10)12/h1-2,4,6,12H,3,5,7-9,17H2. The summed E-state index contributed by atoms with van der Waals surface area (Å²) in [5, 5.41) is 0. The number of aryl methyl sites for hydroxylation is 1. The number of fused-ring (bicyclic) bond motifs is 1. The number of rotatable bonds is 1. The van der Waals surface area contributed by atoms with Crippen molar-refractivity contribution < 1.29 is 8.78 Å². The smallest absolute Gasteiger partial charge is 0.251 e. The van der Waals surface area contributed by atoms with Gasteiger partial charge in [-0.2, -0.15) is 0 Å². The number of halogens is 2. The quantitative estimate of drug-likeness (QED) is 0.797. The predicted octanol–water partition coefficient (Wildman–Crippen LogP) is 3.23. The fourth-order valence-electron chi connectivity index (χ4n) is 3.51. The van der Waals surface area contributed by atoms with Crippen LogP contribution >= 0.6 is 0 Å². The summed E-state index contributed by atoms with van der Waals surface area (Å²) >= 11 is 0. The van der Waals surface area contributed by atoms with Crippen LogP contribution in [0, 0.1) is 0 Å². The molecule has 1 aromatic rings. The van der Waals surface area contributed by atoms with Crippen LogP contribution in [0.4, 0.5) is 8.78 Å². The zero-order valence-electron chi connectivity index (χ0n) is 9.76. The van der Waals surface area contributed by atoms with Crippen molar-refractivity contribution in [3.8, 4) is 0 Å². The molecule has 0 aliphatic heterocycles. The molecule has 0 radical (unpaired) electrons. The largest absolute Gasteiger partial charge is 0.324 e. The van der Waals surface area contributed by atoms with Crippen molar-refractivity contribution in [1.82, 2.24) is 0 Å². The van der Waals surface area contributed by atoms with E-state index in [9.17, 15) is 8.78 Å². The molecule has 0 heterocycles. The maximum Gasteiger partial charge on any atom is 0.251 e. The lowest BCUT2D eigenvalue weighted by Gasteiger charge is -2.51. The van der Waals surface area contributed by atoms with E-state index in [-0.39, 0.29) is 18.8 Å². The van der Waals surface area contributed by atoms with Crippen LogP contribution in [0.5, 0.6) is 0 Å². The zero-order chi connectivity index (χ0) is 12.1. The average Bonchev–Trinajstić information content (AvgIpc) is 2.25. The third-order valence-corrected chi connectivity index (χ3v) is 4.24. The maximum atomic E-state index is 13.1. The van der Waals surface area contributed by atoms with E-state index in [1.807, 2.05) is 12.1 Å². The van der Waals surface area contributed by atoms with Crippen LogP contribution in [-0.2, 0) is 6.42 Å². The van der Waals surface area contributed by atoms with E-state index in [1.54, 1.807) is 0 Å². The Balaban J connectivity index is 1.91. The van der Waals surface area contributed by atoms with Gasteiger partial charge in [-0.15, -0.1) is 0 Å². The third-order valence-electron chi connectivity index (χ3n) is 4.24. The molecule has 0 aromatic heterocycles. The van der Waals surface area contributed by atoms with Crippen LogP contribution in [0.2, 0.25) is 0 Å². The minimum Gasteiger partial charge on any atom is -0.324 e. The summed E-state index contributed by atoms with van der Waals surface area (Å²) in [4.78, 5) is 0. The lowest BCUT2D eigenvalue weighted by molar-refractivity contribution is -0.131. The van der Waals surface area contributed by atoms with Gasteiger partial charge in [0.25, 0.3) is 5.92 Å². The normalized spacial score (nSPS) is 29.2. The maximum absolute atomic E-state index is 13.1. The summed E-state index contributed by atoms with van der Waals surface area (Å²) in [5.41, 5.74) is 8.01. The zero-order valence-corrected chi connectivity index (χ0v) is 9.76. The molecular weight excluding hydrogens is 220 g/mol. The summed E-state index contributed by atoms with van der Waals surface area (Å²) in [5.74, 6) is -2.42. The van der Waals surface area contributed by atoms with Gasteiger partial charge in [-0.25, -0.2) is 8.78 Å². The molecule has 2 N–H and O–H groups in total. The topological polar surface area (TPSA) is 26.0 Å². The first-order valence-corrected chi connectivity index (χ1v) is 6.25. The fraction of sp³-hybridized carbons (Fsp3) is 0.571. The van der Waals surface area contributed by atoms with E-state index < -0.39 is 11.5 Å². The molecule has 2 aliphatic carbocycles. The van der Waals surface area contributed by atoms with Crippen molar-refractivity contribution >= 4 is 0 Å². The van der Waals surface area contributed by atoms with Crippen LogP contribution in [0.15, 0.2) is 24.3 Å². The molecule has 1 unspecified atom stereocenters. The van der Waals surface area contributed by atoms with Gasteiger partial charge in [-0.05, 0) is 30.4 Å². The van der Waals surface area contributed by atoms with Gasteiger partial charge in [-0.3, -0.25) is 0 Å². The summed E-state index contributed by atoms with van der Waals surface area (Å²) in [7, 11) is 0. The van der Waals surface area contributed by atoms with Gasteiger partial charge in [-0.1, -0.05) is 24.3 Å². The van der Waals surface area contributed by atoms with Crippen LogP contribution in [0.3, 0.4) is 0 Å². The van der Waals surface area contributed by atoms with E-state index in [2.05, 4.69) is 12.1 Å². The van der Waals surface area contributed by atoms with Crippen LogP contribution in [-0.4, -0.2) is 11.5 Å². The molecule has 1 saturated carbocycles. The molecular formula is C14H17F2N. The third kappa shape index (κ3) is 1.77. The van der Waals surface area contributed by atoms with E-state index in [0.717, 1.165) is 19.3 Å². The molecule has 1 aromatic carbocycles. The summed E-state index contributed by atoms with van der Waals surface area (Å²) in [6.45, 7) is 0. The van der Waals surface area contributed by atoms with Gasteiger partial charge in [0.05, 0.1) is 0 Å². The molecule has 0 saturated heterocycles. The lowest BCUT2D eigenvalue weighted by Crippen LogP contribution is -2.62. The Kier molecular flexibility index (Phi) is 2.31. The number of hydrogen-bond donors (Lipinski definition) is 1. The second kappa shape index (κ2) is 3.52. The summed E-state index contributed by atoms with van der Waals surface area (Å²) in [6.07, 6.45) is 2.76. The summed E-state index contributed by atoms with van der Waals surface area (Å²) in [6, 6.07) is 8.16. The Morgan fingerprint density at radius 3 is 2.59 bits per heavy atom. The van der Waals surface area contributed by atoms with E-state index in [0.29, 0.717) is 0 Å². The minimum atomic E-state index is -2.54. The van der Waals surface area contributed by atoms with Crippen molar-refractivity contribution in [2.75, 3.05) is 0 Å². The second-order valence-corrected chi connectivity index (χ2v) is 5.59. The van der Waals surface area contributed by atoms with Gasteiger partial charge < -0.3 is 5.73 Å². The number of nitrogens with two attached hydrogens (primary N) is 1.